The van der Waals surface area contributed by atoms with Crippen LogP contribution in [0.2, 0.25) is 0 Å². The highest BCUT2D eigenvalue weighted by Crippen LogP contribution is 2.21. The summed E-state index contributed by atoms with van der Waals surface area (Å²) < 4.78 is 7.56. The molecule has 4 heteroatoms. The van der Waals surface area contributed by atoms with Crippen molar-refractivity contribution in [2.75, 3.05) is 13.2 Å². The molecule has 0 aliphatic carbocycles. The van der Waals surface area contributed by atoms with Gasteiger partial charge in [-0.15, -0.1) is 0 Å². The summed E-state index contributed by atoms with van der Waals surface area (Å²) in [4.78, 5) is 10.9. The van der Waals surface area contributed by atoms with Crippen LogP contribution < -0.4 is 0 Å². The molecule has 0 fully saturated rings. The van der Waals surface area contributed by atoms with Crippen molar-refractivity contribution in [1.82, 2.24) is 4.57 Å². The van der Waals surface area contributed by atoms with Crippen LogP contribution in [-0.4, -0.2) is 28.9 Å². The van der Waals surface area contributed by atoms with Crippen molar-refractivity contribution >= 4 is 16.9 Å². The van der Waals surface area contributed by atoms with Crippen LogP contribution in [0.25, 0.3) is 10.9 Å². The van der Waals surface area contributed by atoms with Gasteiger partial charge in [0.15, 0.2) is 0 Å². The molecule has 102 valence electrons. The highest BCUT2D eigenvalue weighted by molar-refractivity contribution is 5.87. The van der Waals surface area contributed by atoms with E-state index in [4.69, 9.17) is 9.84 Å². The fourth-order valence-corrected chi connectivity index (χ4v) is 2.22. The molecule has 0 bridgehead atoms. The Balaban J connectivity index is 2.20. The van der Waals surface area contributed by atoms with Gasteiger partial charge in [0.1, 0.15) is 0 Å². The summed E-state index contributed by atoms with van der Waals surface area (Å²) in [7, 11) is 0. The second-order valence-corrected chi connectivity index (χ2v) is 4.55. The van der Waals surface area contributed by atoms with Gasteiger partial charge in [0.05, 0.1) is 13.0 Å². The van der Waals surface area contributed by atoms with E-state index < -0.39 is 5.97 Å². The first kappa shape index (κ1) is 13.6. The standard InChI is InChI=1S/C15H19NO3/c1-2-8-19-9-7-16-11-12(10-15(17)18)13-5-3-4-6-14(13)16/h3-6,11H,2,7-10H2,1H3,(H,17,18). The first-order chi connectivity index (χ1) is 9.22. The lowest BCUT2D eigenvalue weighted by atomic mass is 10.1. The molecule has 19 heavy (non-hydrogen) atoms. The van der Waals surface area contributed by atoms with Gasteiger partial charge in [-0.05, 0) is 18.1 Å². The highest BCUT2D eigenvalue weighted by Gasteiger charge is 2.10. The van der Waals surface area contributed by atoms with E-state index >= 15 is 0 Å². The van der Waals surface area contributed by atoms with Crippen molar-refractivity contribution in [3.8, 4) is 0 Å². The van der Waals surface area contributed by atoms with Crippen molar-refractivity contribution in [2.24, 2.45) is 0 Å². The van der Waals surface area contributed by atoms with E-state index in [9.17, 15) is 4.79 Å². The Kier molecular flexibility index (Phi) is 4.58. The normalized spacial score (nSPS) is 11.0. The average molecular weight is 261 g/mol. The third kappa shape index (κ3) is 3.35. The molecule has 0 unspecified atom stereocenters. The van der Waals surface area contributed by atoms with Gasteiger partial charge in [0.2, 0.25) is 0 Å². The Morgan fingerprint density at radius 2 is 2.11 bits per heavy atom. The number of carboxylic acid groups (broad SMARTS) is 1. The maximum absolute atomic E-state index is 10.9. The first-order valence-electron chi connectivity index (χ1n) is 6.58. The zero-order valence-corrected chi connectivity index (χ0v) is 11.1. The maximum atomic E-state index is 10.9. The number of nitrogens with zero attached hydrogens (tertiary/aromatic N) is 1. The van der Waals surface area contributed by atoms with Gasteiger partial charge in [0.25, 0.3) is 0 Å². The lowest BCUT2D eigenvalue weighted by Gasteiger charge is -2.05. The molecule has 1 aromatic heterocycles. The minimum absolute atomic E-state index is 0.0589. The minimum atomic E-state index is -0.801. The summed E-state index contributed by atoms with van der Waals surface area (Å²) >= 11 is 0. The molecule has 0 atom stereocenters. The average Bonchev–Trinajstić information content (AvgIpc) is 2.73. The predicted molar refractivity (Wildman–Crippen MR) is 74.4 cm³/mol. The zero-order chi connectivity index (χ0) is 13.7. The molecule has 0 amide bonds. The molecule has 0 aliphatic rings. The Bertz CT molecular complexity index is 560. The smallest absolute Gasteiger partial charge is 0.307 e. The summed E-state index contributed by atoms with van der Waals surface area (Å²) in [5.41, 5.74) is 1.93. The van der Waals surface area contributed by atoms with E-state index in [0.717, 1.165) is 36.0 Å². The molecular formula is C15H19NO3. The van der Waals surface area contributed by atoms with Crippen molar-refractivity contribution < 1.29 is 14.6 Å². The summed E-state index contributed by atoms with van der Waals surface area (Å²) in [5, 5.41) is 9.96. The Morgan fingerprint density at radius 3 is 2.84 bits per heavy atom. The highest BCUT2D eigenvalue weighted by atomic mass is 16.5. The van der Waals surface area contributed by atoms with Gasteiger partial charge >= 0.3 is 5.97 Å². The molecule has 2 aromatic rings. The van der Waals surface area contributed by atoms with E-state index in [0.29, 0.717) is 6.61 Å². The number of carbonyl (C=O) groups is 1. The van der Waals surface area contributed by atoms with Crippen LogP contribution in [0.1, 0.15) is 18.9 Å². The van der Waals surface area contributed by atoms with E-state index in [1.165, 1.54) is 0 Å². The van der Waals surface area contributed by atoms with Gasteiger partial charge in [-0.2, -0.15) is 0 Å². The van der Waals surface area contributed by atoms with E-state index in [1.807, 2.05) is 30.5 Å². The molecule has 2 rings (SSSR count). The maximum Gasteiger partial charge on any atom is 0.307 e. The van der Waals surface area contributed by atoms with Crippen LogP contribution in [0.3, 0.4) is 0 Å². The van der Waals surface area contributed by atoms with Crippen LogP contribution in [0.15, 0.2) is 30.5 Å². The van der Waals surface area contributed by atoms with Gasteiger partial charge < -0.3 is 14.4 Å². The SMILES string of the molecule is CCCOCCn1cc(CC(=O)O)c2ccccc21. The molecule has 0 saturated carbocycles. The number of fused-ring (bicyclic) bond motifs is 1. The van der Waals surface area contributed by atoms with Crippen LogP contribution in [-0.2, 0) is 22.5 Å². The molecule has 0 aliphatic heterocycles. The number of aliphatic carboxylic acids is 1. The van der Waals surface area contributed by atoms with E-state index in [1.54, 1.807) is 0 Å². The number of hydrogen-bond acceptors (Lipinski definition) is 2. The lowest BCUT2D eigenvalue weighted by Crippen LogP contribution is -2.05. The number of rotatable bonds is 7. The molecule has 4 nitrogen and oxygen atoms in total. The summed E-state index contributed by atoms with van der Waals surface area (Å²) in [6.45, 7) is 4.25. The van der Waals surface area contributed by atoms with Crippen LogP contribution in [0, 0.1) is 0 Å². The number of aromatic nitrogens is 1. The summed E-state index contributed by atoms with van der Waals surface area (Å²) in [6.07, 6.45) is 2.99. The second kappa shape index (κ2) is 6.38. The summed E-state index contributed by atoms with van der Waals surface area (Å²) in [5.74, 6) is -0.801. The molecule has 1 N–H and O–H groups in total. The third-order valence-electron chi connectivity index (χ3n) is 3.04. The monoisotopic (exact) mass is 261 g/mol. The third-order valence-corrected chi connectivity index (χ3v) is 3.04. The van der Waals surface area contributed by atoms with Crippen LogP contribution in [0.5, 0.6) is 0 Å². The molecule has 0 radical (unpaired) electrons. The largest absolute Gasteiger partial charge is 0.481 e. The quantitative estimate of drug-likeness (QED) is 0.780. The van der Waals surface area contributed by atoms with E-state index in [-0.39, 0.29) is 6.42 Å². The first-order valence-corrected chi connectivity index (χ1v) is 6.58. The lowest BCUT2D eigenvalue weighted by molar-refractivity contribution is -0.136. The van der Waals surface area contributed by atoms with Crippen molar-refractivity contribution in [1.29, 1.82) is 0 Å². The topological polar surface area (TPSA) is 51.5 Å². The fraction of sp³-hybridized carbons (Fsp3) is 0.400. The minimum Gasteiger partial charge on any atom is -0.481 e. The van der Waals surface area contributed by atoms with Gasteiger partial charge in [-0.3, -0.25) is 4.79 Å². The molecule has 0 spiro atoms. The van der Waals surface area contributed by atoms with Crippen molar-refractivity contribution in [3.05, 3.63) is 36.0 Å². The Morgan fingerprint density at radius 1 is 1.32 bits per heavy atom. The molecule has 1 aromatic carbocycles. The number of para-hydroxylation sites is 1. The predicted octanol–water partition coefficient (Wildman–Crippen LogP) is 2.70. The van der Waals surface area contributed by atoms with Crippen molar-refractivity contribution in [2.45, 2.75) is 26.3 Å². The number of ether oxygens (including phenoxy) is 1. The van der Waals surface area contributed by atoms with Gasteiger partial charge in [-0.25, -0.2) is 0 Å². The fourth-order valence-electron chi connectivity index (χ4n) is 2.22. The Hall–Kier alpha value is -1.81. The zero-order valence-electron chi connectivity index (χ0n) is 11.1. The van der Waals surface area contributed by atoms with Crippen molar-refractivity contribution in [3.63, 3.8) is 0 Å². The van der Waals surface area contributed by atoms with Crippen LogP contribution >= 0.6 is 0 Å². The molecule has 1 heterocycles. The van der Waals surface area contributed by atoms with Gasteiger partial charge in [0, 0.05) is 30.3 Å². The second-order valence-electron chi connectivity index (χ2n) is 4.55. The summed E-state index contributed by atoms with van der Waals surface area (Å²) in [6, 6.07) is 7.89. The molecule has 0 saturated heterocycles. The Labute approximate surface area is 112 Å². The van der Waals surface area contributed by atoms with E-state index in [2.05, 4.69) is 11.5 Å². The number of carboxylic acids is 1. The number of hydrogen-bond donors (Lipinski definition) is 1. The van der Waals surface area contributed by atoms with Crippen LogP contribution in [0.4, 0.5) is 0 Å². The number of benzene rings is 1. The molecular weight excluding hydrogens is 242 g/mol. The van der Waals surface area contributed by atoms with Gasteiger partial charge in [-0.1, -0.05) is 25.1 Å².